The Kier molecular flexibility index (Phi) is 5.07. The molecule has 0 saturated carbocycles. The van der Waals surface area contributed by atoms with Gasteiger partial charge in [-0.15, -0.1) is 5.10 Å². The number of ether oxygens (including phenoxy) is 1. The van der Waals surface area contributed by atoms with Gasteiger partial charge in [-0.3, -0.25) is 0 Å². The van der Waals surface area contributed by atoms with Crippen LogP contribution >= 0.6 is 0 Å². The Bertz CT molecular complexity index is 905. The Morgan fingerprint density at radius 2 is 1.69 bits per heavy atom. The molecule has 132 valence electrons. The fourth-order valence-electron chi connectivity index (χ4n) is 2.49. The van der Waals surface area contributed by atoms with Crippen molar-refractivity contribution in [1.29, 1.82) is 0 Å². The Hall–Kier alpha value is -3.48. The minimum absolute atomic E-state index is 0.354. The van der Waals surface area contributed by atoms with Crippen LogP contribution in [0.5, 0.6) is 0 Å². The van der Waals surface area contributed by atoms with Crippen molar-refractivity contribution in [3.8, 4) is 0 Å². The first-order valence-electron chi connectivity index (χ1n) is 8.05. The van der Waals surface area contributed by atoms with E-state index in [1.807, 2.05) is 32.0 Å². The number of methoxy groups -OCH3 is 1. The summed E-state index contributed by atoms with van der Waals surface area (Å²) in [6.07, 6.45) is 1.57. The third-order valence-corrected chi connectivity index (χ3v) is 3.86. The number of nitrogens with zero attached hydrogens (tertiary/aromatic N) is 3. The van der Waals surface area contributed by atoms with Gasteiger partial charge in [0.25, 0.3) is 0 Å². The highest BCUT2D eigenvalue weighted by Gasteiger charge is 2.07. The van der Waals surface area contributed by atoms with Gasteiger partial charge >= 0.3 is 5.97 Å². The highest BCUT2D eigenvalue weighted by Crippen LogP contribution is 2.23. The number of aromatic nitrogens is 3. The topological polar surface area (TPSA) is 89.0 Å². The fourth-order valence-corrected chi connectivity index (χ4v) is 2.49. The third kappa shape index (κ3) is 3.94. The standard InChI is InChI=1S/C19H19N5O2/c1-12-5-4-6-13(2)17(12)22-16-11-20-24-19(23-16)21-15-9-7-14(8-10-15)18(25)26-3/h4-11H,1-3H3,(H2,21,22,23,24). The number of esters is 1. The highest BCUT2D eigenvalue weighted by molar-refractivity contribution is 5.89. The number of hydrogen-bond donors (Lipinski definition) is 2. The van der Waals surface area contributed by atoms with E-state index in [4.69, 9.17) is 0 Å². The van der Waals surface area contributed by atoms with Gasteiger partial charge in [0, 0.05) is 11.4 Å². The minimum atomic E-state index is -0.380. The van der Waals surface area contributed by atoms with Crippen molar-refractivity contribution in [2.45, 2.75) is 13.8 Å². The average Bonchev–Trinajstić information content (AvgIpc) is 2.65. The Balaban J connectivity index is 1.76. The first kappa shape index (κ1) is 17.3. The van der Waals surface area contributed by atoms with Gasteiger partial charge in [0.15, 0.2) is 5.82 Å². The van der Waals surface area contributed by atoms with Crippen LogP contribution < -0.4 is 10.6 Å². The predicted octanol–water partition coefficient (Wildman–Crippen LogP) is 3.76. The summed E-state index contributed by atoms with van der Waals surface area (Å²) in [7, 11) is 1.35. The molecule has 3 rings (SSSR count). The zero-order chi connectivity index (χ0) is 18.5. The molecule has 1 heterocycles. The van der Waals surface area contributed by atoms with Crippen LogP contribution in [0, 0.1) is 13.8 Å². The maximum Gasteiger partial charge on any atom is 0.337 e. The molecule has 1 aromatic heterocycles. The molecule has 0 amide bonds. The molecule has 0 bridgehead atoms. The van der Waals surface area contributed by atoms with Gasteiger partial charge in [-0.05, 0) is 49.2 Å². The lowest BCUT2D eigenvalue weighted by atomic mass is 10.1. The van der Waals surface area contributed by atoms with E-state index in [2.05, 4.69) is 30.6 Å². The number of benzene rings is 2. The normalized spacial score (nSPS) is 10.3. The molecule has 0 spiro atoms. The van der Waals surface area contributed by atoms with Gasteiger partial charge in [0.1, 0.15) is 0 Å². The second-order valence-corrected chi connectivity index (χ2v) is 5.75. The average molecular weight is 349 g/mol. The second-order valence-electron chi connectivity index (χ2n) is 5.75. The summed E-state index contributed by atoms with van der Waals surface area (Å²) in [5.74, 6) is 0.562. The van der Waals surface area contributed by atoms with E-state index in [0.717, 1.165) is 22.5 Å². The fraction of sp³-hybridized carbons (Fsp3) is 0.158. The molecular weight excluding hydrogens is 330 g/mol. The van der Waals surface area contributed by atoms with E-state index >= 15 is 0 Å². The number of rotatable bonds is 5. The molecule has 0 atom stereocenters. The van der Waals surface area contributed by atoms with Crippen LogP contribution in [0.2, 0.25) is 0 Å². The largest absolute Gasteiger partial charge is 0.465 e. The van der Waals surface area contributed by atoms with E-state index in [1.165, 1.54) is 7.11 Å². The monoisotopic (exact) mass is 349 g/mol. The molecule has 2 N–H and O–H groups in total. The first-order chi connectivity index (χ1) is 12.6. The number of nitrogens with one attached hydrogen (secondary N) is 2. The van der Waals surface area contributed by atoms with E-state index in [0.29, 0.717) is 17.3 Å². The maximum atomic E-state index is 11.5. The van der Waals surface area contributed by atoms with E-state index < -0.39 is 0 Å². The zero-order valence-electron chi connectivity index (χ0n) is 14.8. The lowest BCUT2D eigenvalue weighted by molar-refractivity contribution is 0.0601. The number of para-hydroxylation sites is 1. The minimum Gasteiger partial charge on any atom is -0.465 e. The Labute approximate surface area is 151 Å². The molecule has 0 radical (unpaired) electrons. The summed E-state index contributed by atoms with van der Waals surface area (Å²) >= 11 is 0. The van der Waals surface area contributed by atoms with Crippen molar-refractivity contribution in [2.24, 2.45) is 0 Å². The number of aryl methyl sites for hydroxylation is 2. The van der Waals surface area contributed by atoms with Crippen molar-refractivity contribution in [3.05, 3.63) is 65.4 Å². The van der Waals surface area contributed by atoms with E-state index in [-0.39, 0.29) is 5.97 Å². The number of carbonyl (C=O) groups is 1. The highest BCUT2D eigenvalue weighted by atomic mass is 16.5. The molecule has 0 fully saturated rings. The summed E-state index contributed by atoms with van der Waals surface area (Å²) in [6, 6.07) is 12.9. The molecule has 0 unspecified atom stereocenters. The number of carbonyl (C=O) groups excluding carboxylic acids is 1. The molecule has 7 nitrogen and oxygen atoms in total. The van der Waals surface area contributed by atoms with Crippen LogP contribution in [0.3, 0.4) is 0 Å². The summed E-state index contributed by atoms with van der Waals surface area (Å²) in [5.41, 5.74) is 4.46. The van der Waals surface area contributed by atoms with Crippen molar-refractivity contribution in [3.63, 3.8) is 0 Å². The maximum absolute atomic E-state index is 11.5. The van der Waals surface area contributed by atoms with Crippen molar-refractivity contribution in [2.75, 3.05) is 17.7 Å². The van der Waals surface area contributed by atoms with Gasteiger partial charge in [-0.25, -0.2) is 4.79 Å². The summed E-state index contributed by atoms with van der Waals surface area (Å²) in [5, 5.41) is 14.3. The van der Waals surface area contributed by atoms with Gasteiger partial charge in [0.05, 0.1) is 18.9 Å². The predicted molar refractivity (Wildman–Crippen MR) is 100 cm³/mol. The molecule has 0 saturated heterocycles. The SMILES string of the molecule is COC(=O)c1ccc(Nc2nncc(Nc3c(C)cccc3C)n2)cc1. The van der Waals surface area contributed by atoms with Crippen LogP contribution in [-0.4, -0.2) is 28.3 Å². The van der Waals surface area contributed by atoms with Crippen molar-refractivity contribution in [1.82, 2.24) is 15.2 Å². The second kappa shape index (κ2) is 7.60. The Morgan fingerprint density at radius 1 is 1.00 bits per heavy atom. The Morgan fingerprint density at radius 3 is 2.35 bits per heavy atom. The van der Waals surface area contributed by atoms with Crippen LogP contribution in [0.4, 0.5) is 23.1 Å². The van der Waals surface area contributed by atoms with Crippen LogP contribution in [0.1, 0.15) is 21.5 Å². The zero-order valence-corrected chi connectivity index (χ0v) is 14.8. The van der Waals surface area contributed by atoms with Crippen molar-refractivity contribution >= 4 is 29.1 Å². The summed E-state index contributed by atoms with van der Waals surface area (Å²) < 4.78 is 4.68. The number of hydrogen-bond acceptors (Lipinski definition) is 7. The summed E-state index contributed by atoms with van der Waals surface area (Å²) in [6.45, 7) is 4.07. The van der Waals surface area contributed by atoms with Crippen LogP contribution in [-0.2, 0) is 4.74 Å². The molecule has 3 aromatic rings. The van der Waals surface area contributed by atoms with Gasteiger partial charge in [0.2, 0.25) is 5.95 Å². The van der Waals surface area contributed by atoms with Gasteiger partial charge in [-0.1, -0.05) is 18.2 Å². The molecule has 0 aliphatic heterocycles. The van der Waals surface area contributed by atoms with Gasteiger partial charge in [-0.2, -0.15) is 10.1 Å². The van der Waals surface area contributed by atoms with E-state index in [1.54, 1.807) is 30.5 Å². The van der Waals surface area contributed by atoms with E-state index in [9.17, 15) is 4.79 Å². The molecule has 26 heavy (non-hydrogen) atoms. The molecule has 0 aliphatic carbocycles. The molecule has 0 aliphatic rings. The summed E-state index contributed by atoms with van der Waals surface area (Å²) in [4.78, 5) is 15.9. The lowest BCUT2D eigenvalue weighted by Crippen LogP contribution is -2.04. The molecule has 7 heteroatoms. The lowest BCUT2D eigenvalue weighted by Gasteiger charge is -2.12. The first-order valence-corrected chi connectivity index (χ1v) is 8.05. The molecule has 2 aromatic carbocycles. The quantitative estimate of drug-likeness (QED) is 0.678. The number of anilines is 4. The molecular formula is C19H19N5O2. The third-order valence-electron chi connectivity index (χ3n) is 3.86. The van der Waals surface area contributed by atoms with Crippen molar-refractivity contribution < 1.29 is 9.53 Å². The smallest absolute Gasteiger partial charge is 0.337 e. The van der Waals surface area contributed by atoms with Crippen LogP contribution in [0.15, 0.2) is 48.7 Å². The van der Waals surface area contributed by atoms with Crippen LogP contribution in [0.25, 0.3) is 0 Å². The van der Waals surface area contributed by atoms with Gasteiger partial charge < -0.3 is 15.4 Å².